The van der Waals surface area contributed by atoms with Crippen LogP contribution in [0, 0.1) is 13.8 Å². The quantitative estimate of drug-likeness (QED) is 0.689. The van der Waals surface area contributed by atoms with Gasteiger partial charge in [0.25, 0.3) is 0 Å². The molecule has 1 fully saturated rings. The van der Waals surface area contributed by atoms with E-state index in [2.05, 4.69) is 15.1 Å². The van der Waals surface area contributed by atoms with Gasteiger partial charge in [0.05, 0.1) is 5.69 Å². The minimum Gasteiger partial charge on any atom is -0.480 e. The number of carboxylic acid groups (broad SMARTS) is 1. The van der Waals surface area contributed by atoms with Crippen molar-refractivity contribution in [3.05, 3.63) is 17.0 Å². The molecule has 6 nitrogen and oxygen atoms in total. The van der Waals surface area contributed by atoms with Crippen molar-refractivity contribution in [1.29, 1.82) is 0 Å². The third-order valence-corrected chi connectivity index (χ3v) is 3.47. The van der Waals surface area contributed by atoms with Crippen LogP contribution in [0.4, 0.5) is 0 Å². The molecule has 4 N–H and O–H groups in total. The average molecular weight is 238 g/mol. The molecule has 1 aliphatic heterocycles. The molecule has 1 aliphatic rings. The Kier molecular flexibility index (Phi) is 2.92. The lowest BCUT2D eigenvalue weighted by molar-refractivity contribution is -0.142. The molecule has 0 spiro atoms. The van der Waals surface area contributed by atoms with Crippen molar-refractivity contribution in [2.45, 2.75) is 32.4 Å². The highest BCUT2D eigenvalue weighted by atomic mass is 16.4. The van der Waals surface area contributed by atoms with Gasteiger partial charge in [0.2, 0.25) is 0 Å². The molecule has 0 aliphatic carbocycles. The van der Waals surface area contributed by atoms with E-state index in [1.165, 1.54) is 0 Å². The van der Waals surface area contributed by atoms with Crippen LogP contribution in [0.5, 0.6) is 0 Å². The van der Waals surface area contributed by atoms with Crippen LogP contribution >= 0.6 is 0 Å². The van der Waals surface area contributed by atoms with Gasteiger partial charge in [-0.15, -0.1) is 0 Å². The Bertz CT molecular complexity index is 423. The van der Waals surface area contributed by atoms with Crippen molar-refractivity contribution in [3.63, 3.8) is 0 Å². The molecule has 0 aromatic carbocycles. The molecule has 94 valence electrons. The third-order valence-electron chi connectivity index (χ3n) is 3.47. The van der Waals surface area contributed by atoms with E-state index < -0.39 is 11.5 Å². The first-order valence-electron chi connectivity index (χ1n) is 5.67. The topological polar surface area (TPSA) is 95.2 Å². The normalized spacial score (nSPS) is 25.4. The van der Waals surface area contributed by atoms with Crippen molar-refractivity contribution in [2.75, 3.05) is 13.1 Å². The SMILES string of the molecule is Cc1n[nH]c(C)c1CN1CC[C@@](N)(C(=O)O)C1. The summed E-state index contributed by atoms with van der Waals surface area (Å²) in [5.74, 6) is -0.916. The number of rotatable bonds is 3. The van der Waals surface area contributed by atoms with E-state index in [4.69, 9.17) is 10.8 Å². The summed E-state index contributed by atoms with van der Waals surface area (Å²) in [6, 6.07) is 0. The molecular weight excluding hydrogens is 220 g/mol. The van der Waals surface area contributed by atoms with Crippen LogP contribution < -0.4 is 5.73 Å². The van der Waals surface area contributed by atoms with Crippen LogP contribution in [0.25, 0.3) is 0 Å². The summed E-state index contributed by atoms with van der Waals surface area (Å²) in [5.41, 5.74) is 7.88. The van der Waals surface area contributed by atoms with E-state index in [1.54, 1.807) is 0 Å². The largest absolute Gasteiger partial charge is 0.480 e. The van der Waals surface area contributed by atoms with Gasteiger partial charge >= 0.3 is 5.97 Å². The molecule has 0 amide bonds. The summed E-state index contributed by atoms with van der Waals surface area (Å²) in [4.78, 5) is 13.1. The monoisotopic (exact) mass is 238 g/mol. The van der Waals surface area contributed by atoms with Crippen molar-refractivity contribution in [3.8, 4) is 0 Å². The molecule has 1 aromatic heterocycles. The molecule has 6 heteroatoms. The van der Waals surface area contributed by atoms with Gasteiger partial charge < -0.3 is 10.8 Å². The van der Waals surface area contributed by atoms with Crippen molar-refractivity contribution in [2.24, 2.45) is 5.73 Å². The van der Waals surface area contributed by atoms with E-state index in [0.717, 1.165) is 17.0 Å². The Morgan fingerprint density at radius 1 is 1.65 bits per heavy atom. The molecular formula is C11H18N4O2. The highest BCUT2D eigenvalue weighted by Crippen LogP contribution is 2.22. The summed E-state index contributed by atoms with van der Waals surface area (Å²) in [6.45, 7) is 5.74. The average Bonchev–Trinajstić information content (AvgIpc) is 2.78. The predicted molar refractivity (Wildman–Crippen MR) is 62.5 cm³/mol. The van der Waals surface area contributed by atoms with Gasteiger partial charge in [-0.05, 0) is 20.3 Å². The van der Waals surface area contributed by atoms with E-state index in [1.807, 2.05) is 13.8 Å². The second-order valence-corrected chi connectivity index (χ2v) is 4.83. The zero-order valence-electron chi connectivity index (χ0n) is 10.2. The zero-order chi connectivity index (χ0) is 12.6. The van der Waals surface area contributed by atoms with Gasteiger partial charge in [0.15, 0.2) is 0 Å². The Balaban J connectivity index is 2.06. The van der Waals surface area contributed by atoms with Crippen LogP contribution in [-0.2, 0) is 11.3 Å². The van der Waals surface area contributed by atoms with Crippen LogP contribution in [0.15, 0.2) is 0 Å². The number of carboxylic acids is 1. The van der Waals surface area contributed by atoms with Crippen LogP contribution in [-0.4, -0.2) is 44.8 Å². The van der Waals surface area contributed by atoms with Gasteiger partial charge in [-0.2, -0.15) is 5.10 Å². The van der Waals surface area contributed by atoms with Crippen molar-refractivity contribution in [1.82, 2.24) is 15.1 Å². The molecule has 1 atom stereocenters. The fraction of sp³-hybridized carbons (Fsp3) is 0.636. The number of hydrogen-bond donors (Lipinski definition) is 3. The number of hydrogen-bond acceptors (Lipinski definition) is 4. The number of aliphatic carboxylic acids is 1. The molecule has 2 rings (SSSR count). The molecule has 0 radical (unpaired) electrons. The first-order chi connectivity index (χ1) is 7.92. The number of nitrogens with one attached hydrogen (secondary N) is 1. The number of aromatic amines is 1. The van der Waals surface area contributed by atoms with E-state index in [0.29, 0.717) is 26.1 Å². The van der Waals surface area contributed by atoms with Gasteiger partial charge in [-0.3, -0.25) is 14.8 Å². The molecule has 17 heavy (non-hydrogen) atoms. The van der Waals surface area contributed by atoms with Crippen LogP contribution in [0.2, 0.25) is 0 Å². The predicted octanol–water partition coefficient (Wildman–Crippen LogP) is 0.0143. The number of aryl methyl sites for hydroxylation is 2. The highest BCUT2D eigenvalue weighted by molar-refractivity contribution is 5.79. The molecule has 1 saturated heterocycles. The highest BCUT2D eigenvalue weighted by Gasteiger charge is 2.41. The lowest BCUT2D eigenvalue weighted by Gasteiger charge is -2.20. The number of nitrogens with two attached hydrogens (primary N) is 1. The number of nitrogens with zero attached hydrogens (tertiary/aromatic N) is 2. The lowest BCUT2D eigenvalue weighted by atomic mass is 10.0. The maximum absolute atomic E-state index is 11.0. The first kappa shape index (κ1) is 12.1. The number of aromatic nitrogens is 2. The summed E-state index contributed by atoms with van der Waals surface area (Å²) in [5, 5.41) is 16.1. The molecule has 1 aromatic rings. The molecule has 0 saturated carbocycles. The Labute approximate surface area is 99.8 Å². The minimum atomic E-state index is -1.09. The number of likely N-dealkylation sites (tertiary alicyclic amines) is 1. The fourth-order valence-electron chi connectivity index (χ4n) is 2.25. The molecule has 0 bridgehead atoms. The summed E-state index contributed by atoms with van der Waals surface area (Å²) in [7, 11) is 0. The Morgan fingerprint density at radius 2 is 2.35 bits per heavy atom. The molecule has 2 heterocycles. The Morgan fingerprint density at radius 3 is 2.82 bits per heavy atom. The summed E-state index contributed by atoms with van der Waals surface area (Å²) >= 11 is 0. The maximum atomic E-state index is 11.0. The van der Waals surface area contributed by atoms with Gasteiger partial charge in [0.1, 0.15) is 5.54 Å². The van der Waals surface area contributed by atoms with Crippen LogP contribution in [0.1, 0.15) is 23.4 Å². The zero-order valence-corrected chi connectivity index (χ0v) is 10.2. The van der Waals surface area contributed by atoms with Gasteiger partial charge in [-0.1, -0.05) is 0 Å². The lowest BCUT2D eigenvalue weighted by Crippen LogP contribution is -2.50. The minimum absolute atomic E-state index is 0.395. The van der Waals surface area contributed by atoms with E-state index in [9.17, 15) is 4.79 Å². The maximum Gasteiger partial charge on any atom is 0.325 e. The Hall–Kier alpha value is -1.40. The van der Waals surface area contributed by atoms with E-state index in [-0.39, 0.29) is 0 Å². The standard InChI is InChI=1S/C11H18N4O2/c1-7-9(8(2)14-13-7)5-15-4-3-11(12,6-15)10(16)17/h3-6,12H2,1-2H3,(H,13,14)(H,16,17)/t11-/m0/s1. The number of carbonyl (C=O) groups is 1. The third kappa shape index (κ3) is 2.18. The fourth-order valence-corrected chi connectivity index (χ4v) is 2.25. The van der Waals surface area contributed by atoms with Gasteiger partial charge in [0, 0.05) is 30.9 Å². The smallest absolute Gasteiger partial charge is 0.325 e. The van der Waals surface area contributed by atoms with E-state index >= 15 is 0 Å². The second kappa shape index (κ2) is 4.12. The first-order valence-corrected chi connectivity index (χ1v) is 5.67. The van der Waals surface area contributed by atoms with Gasteiger partial charge in [-0.25, -0.2) is 0 Å². The van der Waals surface area contributed by atoms with Crippen molar-refractivity contribution < 1.29 is 9.90 Å². The van der Waals surface area contributed by atoms with Crippen LogP contribution in [0.3, 0.4) is 0 Å². The summed E-state index contributed by atoms with van der Waals surface area (Å²) < 4.78 is 0. The summed E-state index contributed by atoms with van der Waals surface area (Å²) in [6.07, 6.45) is 0.498. The molecule has 0 unspecified atom stereocenters. The second-order valence-electron chi connectivity index (χ2n) is 4.83. The number of H-pyrrole nitrogens is 1. The van der Waals surface area contributed by atoms with Crippen molar-refractivity contribution >= 4 is 5.97 Å².